The molecule has 0 radical (unpaired) electrons. The Hall–Kier alpha value is -3.33. The molecule has 1 saturated carbocycles. The maximum Gasteiger partial charge on any atom is 0.228 e. The molecular weight excluding hydrogens is 368 g/mol. The van der Waals surface area contributed by atoms with Crippen LogP contribution in [-0.4, -0.2) is 47.1 Å². The first-order valence-corrected chi connectivity index (χ1v) is 9.63. The van der Waals surface area contributed by atoms with E-state index in [1.165, 1.54) is 6.42 Å². The van der Waals surface area contributed by atoms with Crippen LogP contribution in [0, 0.1) is 0 Å². The fourth-order valence-electron chi connectivity index (χ4n) is 3.72. The molecule has 0 saturated heterocycles. The number of rotatable bonds is 6. The zero-order chi connectivity index (χ0) is 19.8. The van der Waals surface area contributed by atoms with Crippen molar-refractivity contribution in [2.45, 2.75) is 31.3 Å². The average Bonchev–Trinajstić information content (AvgIpc) is 3.30. The predicted molar refractivity (Wildman–Crippen MR) is 108 cm³/mol. The molecule has 4 aromatic heterocycles. The molecule has 0 aromatic carbocycles. The van der Waals surface area contributed by atoms with E-state index in [1.807, 2.05) is 41.9 Å². The van der Waals surface area contributed by atoms with Gasteiger partial charge in [0.05, 0.1) is 17.5 Å². The molecule has 148 valence electrons. The standard InChI is InChI=1S/C20H22N8O/c1-27-16(5-10-22-27)24-19-21-9-4-15(23-19)14-6-11-28-17(12-14)25-26-18(28)13-20(29-2)7-3-8-20/h4-6,9-12H,3,7-8,13H2,1-2H3,(H,21,23,24). The molecule has 4 heterocycles. The van der Waals surface area contributed by atoms with E-state index in [4.69, 9.17) is 4.74 Å². The normalized spacial score (nSPS) is 15.4. The van der Waals surface area contributed by atoms with E-state index in [2.05, 4.69) is 30.6 Å². The minimum atomic E-state index is -0.0827. The first-order valence-electron chi connectivity index (χ1n) is 9.63. The van der Waals surface area contributed by atoms with Crippen LogP contribution in [0.5, 0.6) is 0 Å². The summed E-state index contributed by atoms with van der Waals surface area (Å²) in [5.41, 5.74) is 2.48. The lowest BCUT2D eigenvalue weighted by Crippen LogP contribution is -2.41. The number of pyridine rings is 1. The van der Waals surface area contributed by atoms with Crippen molar-refractivity contribution in [3.8, 4) is 11.3 Å². The van der Waals surface area contributed by atoms with Crippen molar-refractivity contribution in [3.05, 3.63) is 48.7 Å². The Morgan fingerprint density at radius 2 is 2.07 bits per heavy atom. The van der Waals surface area contributed by atoms with Crippen LogP contribution in [-0.2, 0) is 18.2 Å². The van der Waals surface area contributed by atoms with Crippen molar-refractivity contribution >= 4 is 17.4 Å². The molecule has 0 spiro atoms. The molecule has 29 heavy (non-hydrogen) atoms. The van der Waals surface area contributed by atoms with E-state index >= 15 is 0 Å². The number of hydrogen-bond donors (Lipinski definition) is 1. The van der Waals surface area contributed by atoms with Crippen molar-refractivity contribution in [2.75, 3.05) is 12.4 Å². The van der Waals surface area contributed by atoms with Crippen LogP contribution in [0.25, 0.3) is 16.9 Å². The van der Waals surface area contributed by atoms with Gasteiger partial charge in [0.2, 0.25) is 5.95 Å². The molecule has 9 heteroatoms. The first-order chi connectivity index (χ1) is 14.2. The molecule has 1 aliphatic carbocycles. The second-order valence-electron chi connectivity index (χ2n) is 7.41. The summed E-state index contributed by atoms with van der Waals surface area (Å²) in [4.78, 5) is 8.93. The number of nitrogens with zero attached hydrogens (tertiary/aromatic N) is 7. The summed E-state index contributed by atoms with van der Waals surface area (Å²) in [7, 11) is 3.65. The van der Waals surface area contributed by atoms with E-state index in [9.17, 15) is 0 Å². The number of methoxy groups -OCH3 is 1. The van der Waals surface area contributed by atoms with Gasteiger partial charge in [0.15, 0.2) is 5.65 Å². The number of aromatic nitrogens is 7. The Morgan fingerprint density at radius 1 is 1.17 bits per heavy atom. The molecule has 1 N–H and O–H groups in total. The van der Waals surface area contributed by atoms with Gasteiger partial charge < -0.3 is 10.1 Å². The average molecular weight is 390 g/mol. The van der Waals surface area contributed by atoms with E-state index in [0.717, 1.165) is 47.8 Å². The number of anilines is 2. The number of aryl methyl sites for hydroxylation is 1. The second kappa shape index (κ2) is 6.93. The summed E-state index contributed by atoms with van der Waals surface area (Å²) in [5.74, 6) is 2.26. The van der Waals surface area contributed by atoms with Gasteiger partial charge in [0, 0.05) is 44.6 Å². The summed E-state index contributed by atoms with van der Waals surface area (Å²) in [5, 5.41) is 16.1. The number of ether oxygens (including phenoxy) is 1. The third kappa shape index (κ3) is 3.23. The molecule has 0 amide bonds. The highest BCUT2D eigenvalue weighted by Gasteiger charge is 2.38. The van der Waals surface area contributed by atoms with Gasteiger partial charge in [0.1, 0.15) is 11.6 Å². The van der Waals surface area contributed by atoms with Crippen LogP contribution in [0.15, 0.2) is 42.9 Å². The molecule has 1 fully saturated rings. The molecule has 1 aliphatic rings. The summed E-state index contributed by atoms with van der Waals surface area (Å²) < 4.78 is 9.50. The van der Waals surface area contributed by atoms with Crippen LogP contribution in [0.1, 0.15) is 25.1 Å². The van der Waals surface area contributed by atoms with E-state index in [-0.39, 0.29) is 5.60 Å². The third-order valence-corrected chi connectivity index (χ3v) is 5.67. The highest BCUT2D eigenvalue weighted by molar-refractivity contribution is 5.65. The van der Waals surface area contributed by atoms with Gasteiger partial charge in [-0.2, -0.15) is 5.10 Å². The number of fused-ring (bicyclic) bond motifs is 1. The molecule has 5 rings (SSSR count). The molecule has 0 aliphatic heterocycles. The fourth-order valence-corrected chi connectivity index (χ4v) is 3.72. The van der Waals surface area contributed by atoms with Crippen LogP contribution in [0.3, 0.4) is 0 Å². The van der Waals surface area contributed by atoms with Crippen molar-refractivity contribution in [2.24, 2.45) is 7.05 Å². The molecule has 9 nitrogen and oxygen atoms in total. The Labute approximate surface area is 167 Å². The maximum atomic E-state index is 5.74. The Bertz CT molecular complexity index is 1150. The number of nitrogens with one attached hydrogen (secondary N) is 1. The summed E-state index contributed by atoms with van der Waals surface area (Å²) in [6.45, 7) is 0. The maximum absolute atomic E-state index is 5.74. The van der Waals surface area contributed by atoms with Gasteiger partial charge in [-0.3, -0.25) is 9.08 Å². The Morgan fingerprint density at radius 3 is 2.79 bits per heavy atom. The molecule has 0 atom stereocenters. The van der Waals surface area contributed by atoms with Crippen LogP contribution in [0.2, 0.25) is 0 Å². The summed E-state index contributed by atoms with van der Waals surface area (Å²) in [6, 6.07) is 7.77. The highest BCUT2D eigenvalue weighted by Crippen LogP contribution is 2.37. The zero-order valence-electron chi connectivity index (χ0n) is 16.4. The van der Waals surface area contributed by atoms with E-state index in [0.29, 0.717) is 5.95 Å². The van der Waals surface area contributed by atoms with Gasteiger partial charge in [-0.1, -0.05) is 0 Å². The van der Waals surface area contributed by atoms with E-state index < -0.39 is 0 Å². The highest BCUT2D eigenvalue weighted by atomic mass is 16.5. The monoisotopic (exact) mass is 390 g/mol. The second-order valence-corrected chi connectivity index (χ2v) is 7.41. The largest absolute Gasteiger partial charge is 0.378 e. The topological polar surface area (TPSA) is 95.0 Å². The van der Waals surface area contributed by atoms with Gasteiger partial charge in [-0.25, -0.2) is 9.97 Å². The predicted octanol–water partition coefficient (Wildman–Crippen LogP) is 2.78. The lowest BCUT2D eigenvalue weighted by atomic mass is 9.77. The van der Waals surface area contributed by atoms with Gasteiger partial charge in [-0.05, 0) is 37.5 Å². The SMILES string of the molecule is COC1(Cc2nnc3cc(-c4ccnc(Nc5ccnn5C)n4)ccn23)CCC1. The summed E-state index contributed by atoms with van der Waals surface area (Å²) in [6.07, 6.45) is 9.58. The van der Waals surface area contributed by atoms with Crippen molar-refractivity contribution in [3.63, 3.8) is 0 Å². The van der Waals surface area contributed by atoms with Crippen LogP contribution < -0.4 is 5.32 Å². The zero-order valence-corrected chi connectivity index (χ0v) is 16.4. The van der Waals surface area contributed by atoms with Crippen molar-refractivity contribution < 1.29 is 4.74 Å². The fraction of sp³-hybridized carbons (Fsp3) is 0.350. The van der Waals surface area contributed by atoms with Gasteiger partial charge in [-0.15, -0.1) is 10.2 Å². The van der Waals surface area contributed by atoms with Crippen LogP contribution >= 0.6 is 0 Å². The van der Waals surface area contributed by atoms with Crippen LogP contribution in [0.4, 0.5) is 11.8 Å². The molecule has 4 aromatic rings. The smallest absolute Gasteiger partial charge is 0.228 e. The number of hydrogen-bond acceptors (Lipinski definition) is 7. The van der Waals surface area contributed by atoms with Crippen molar-refractivity contribution in [1.82, 2.24) is 34.3 Å². The third-order valence-electron chi connectivity index (χ3n) is 5.67. The summed E-state index contributed by atoms with van der Waals surface area (Å²) >= 11 is 0. The Kier molecular flexibility index (Phi) is 4.24. The van der Waals surface area contributed by atoms with Gasteiger partial charge in [0.25, 0.3) is 0 Å². The quantitative estimate of drug-likeness (QED) is 0.541. The minimum absolute atomic E-state index is 0.0827. The lowest BCUT2D eigenvalue weighted by molar-refractivity contribution is -0.0722. The van der Waals surface area contributed by atoms with Gasteiger partial charge >= 0.3 is 0 Å². The minimum Gasteiger partial charge on any atom is -0.378 e. The Balaban J connectivity index is 1.42. The molecule has 0 unspecified atom stereocenters. The molecular formula is C20H22N8O. The van der Waals surface area contributed by atoms with Crippen molar-refractivity contribution in [1.29, 1.82) is 0 Å². The lowest BCUT2D eigenvalue weighted by Gasteiger charge is -2.39. The molecule has 0 bridgehead atoms. The van der Waals surface area contributed by atoms with E-state index in [1.54, 1.807) is 24.2 Å². The first kappa shape index (κ1) is 17.7.